The lowest BCUT2D eigenvalue weighted by molar-refractivity contribution is -0.896. The third-order valence-electron chi connectivity index (χ3n) is 6.30. The number of carbonyl (C=O) groups excluding carboxylic acids is 1. The summed E-state index contributed by atoms with van der Waals surface area (Å²) >= 11 is 13.0. The van der Waals surface area contributed by atoms with Gasteiger partial charge in [-0.05, 0) is 57.0 Å². The lowest BCUT2D eigenvalue weighted by Crippen LogP contribution is -3.11. The van der Waals surface area contributed by atoms with E-state index in [1.165, 1.54) is 0 Å². The van der Waals surface area contributed by atoms with Gasteiger partial charge in [0, 0.05) is 34.9 Å². The fourth-order valence-corrected chi connectivity index (χ4v) is 4.79. The number of benzene rings is 2. The molecule has 0 aliphatic rings. The van der Waals surface area contributed by atoms with Gasteiger partial charge in [-0.1, -0.05) is 47.5 Å². The molecule has 4 aromatic rings. The van der Waals surface area contributed by atoms with Gasteiger partial charge in [0.15, 0.2) is 5.65 Å². The number of fused-ring (bicyclic) bond motifs is 1. The Kier molecular flexibility index (Phi) is 9.70. The number of quaternary nitrogens is 1. The first-order chi connectivity index (χ1) is 18.5. The number of nitrogens with one attached hydrogen (secondary N) is 4. The highest BCUT2D eigenvalue weighted by molar-refractivity contribution is 6.39. The standard InChI is InChI=1S/C28H31Cl2N7O/c1-3-37(4-2)16-9-8-15-31-27-32-18-19-17-21(24-22(29)13-10-14-23(24)30)26(34-25(19)35-27)36-28(38)33-20-11-6-5-7-12-20/h5-7,10-14,17-18H,3-4,8-9,15-16H2,1-2H3,(H3,31,32,33,34,35,36,38)/p+1. The van der Waals surface area contributed by atoms with Crippen LogP contribution in [-0.2, 0) is 0 Å². The van der Waals surface area contributed by atoms with Crippen LogP contribution < -0.4 is 20.9 Å². The molecule has 2 amide bonds. The highest BCUT2D eigenvalue weighted by Crippen LogP contribution is 2.39. The van der Waals surface area contributed by atoms with E-state index in [9.17, 15) is 4.79 Å². The Morgan fingerprint density at radius 1 is 0.921 bits per heavy atom. The number of urea groups is 1. The van der Waals surface area contributed by atoms with Crippen molar-refractivity contribution < 1.29 is 9.69 Å². The smallest absolute Gasteiger partial charge is 0.324 e. The predicted octanol–water partition coefficient (Wildman–Crippen LogP) is 5.76. The van der Waals surface area contributed by atoms with Crippen LogP contribution in [0.15, 0.2) is 60.8 Å². The minimum absolute atomic E-state index is 0.285. The summed E-state index contributed by atoms with van der Waals surface area (Å²) < 4.78 is 0. The van der Waals surface area contributed by atoms with Crippen LogP contribution in [0.3, 0.4) is 0 Å². The van der Waals surface area contributed by atoms with Gasteiger partial charge in [-0.25, -0.2) is 14.8 Å². The summed E-state index contributed by atoms with van der Waals surface area (Å²) in [5, 5.41) is 10.5. The number of halogens is 2. The second-order valence-electron chi connectivity index (χ2n) is 8.87. The number of para-hydroxylation sites is 1. The molecule has 2 heterocycles. The van der Waals surface area contributed by atoms with Crippen molar-refractivity contribution in [3.05, 3.63) is 70.8 Å². The van der Waals surface area contributed by atoms with Crippen molar-refractivity contribution in [2.24, 2.45) is 0 Å². The van der Waals surface area contributed by atoms with Gasteiger partial charge < -0.3 is 15.5 Å². The van der Waals surface area contributed by atoms with E-state index in [2.05, 4.69) is 44.7 Å². The summed E-state index contributed by atoms with van der Waals surface area (Å²) in [5.74, 6) is 0.774. The van der Waals surface area contributed by atoms with Gasteiger partial charge in [-0.15, -0.1) is 0 Å². The first kappa shape index (κ1) is 27.6. The highest BCUT2D eigenvalue weighted by atomic mass is 35.5. The summed E-state index contributed by atoms with van der Waals surface area (Å²) in [5.41, 5.74) is 2.23. The van der Waals surface area contributed by atoms with Crippen LogP contribution in [-0.4, -0.2) is 47.2 Å². The van der Waals surface area contributed by atoms with Crippen molar-refractivity contribution in [3.63, 3.8) is 0 Å². The van der Waals surface area contributed by atoms with Crippen LogP contribution in [0.5, 0.6) is 0 Å². The largest absolute Gasteiger partial charge is 0.354 e. The topological polar surface area (TPSA) is 96.3 Å². The number of aromatic nitrogens is 3. The molecule has 0 saturated carbocycles. The van der Waals surface area contributed by atoms with Crippen LogP contribution in [0.2, 0.25) is 10.0 Å². The molecule has 0 aliphatic carbocycles. The van der Waals surface area contributed by atoms with Gasteiger partial charge in [0.25, 0.3) is 0 Å². The van der Waals surface area contributed by atoms with Gasteiger partial charge in [-0.3, -0.25) is 5.32 Å². The third-order valence-corrected chi connectivity index (χ3v) is 6.93. The zero-order chi connectivity index (χ0) is 26.9. The number of amides is 2. The maximum absolute atomic E-state index is 12.9. The number of unbranched alkanes of at least 4 members (excludes halogenated alkanes) is 1. The van der Waals surface area contributed by atoms with Gasteiger partial charge >= 0.3 is 6.03 Å². The number of carbonyl (C=O) groups is 1. The first-order valence-corrected chi connectivity index (χ1v) is 13.6. The van der Waals surface area contributed by atoms with Crippen molar-refractivity contribution >= 4 is 57.7 Å². The average Bonchev–Trinajstić information content (AvgIpc) is 2.91. The summed E-state index contributed by atoms with van der Waals surface area (Å²) in [4.78, 5) is 28.2. The minimum Gasteiger partial charge on any atom is -0.354 e. The normalized spacial score (nSPS) is 11.1. The number of rotatable bonds is 11. The molecule has 0 unspecified atom stereocenters. The van der Waals surface area contributed by atoms with E-state index in [0.29, 0.717) is 43.8 Å². The number of hydrogen-bond donors (Lipinski definition) is 4. The molecule has 8 nitrogen and oxygen atoms in total. The summed E-state index contributed by atoms with van der Waals surface area (Å²) in [6.07, 6.45) is 3.86. The highest BCUT2D eigenvalue weighted by Gasteiger charge is 2.18. The number of pyridine rings is 1. The van der Waals surface area contributed by atoms with E-state index >= 15 is 0 Å². The SMILES string of the molecule is CC[NH+](CC)CCCCNc1ncc2cc(-c3c(Cl)cccc3Cl)c(NC(=O)Nc3ccccc3)nc2n1. The molecule has 0 fully saturated rings. The van der Waals surface area contributed by atoms with Gasteiger partial charge in [0.05, 0.1) is 29.7 Å². The molecule has 0 radical (unpaired) electrons. The van der Waals surface area contributed by atoms with Crippen LogP contribution in [0.1, 0.15) is 26.7 Å². The lowest BCUT2D eigenvalue weighted by atomic mass is 10.0. The third kappa shape index (κ3) is 7.10. The first-order valence-electron chi connectivity index (χ1n) is 12.8. The van der Waals surface area contributed by atoms with Crippen LogP contribution in [0.25, 0.3) is 22.2 Å². The Balaban J connectivity index is 1.58. The number of anilines is 3. The maximum atomic E-state index is 12.9. The quantitative estimate of drug-likeness (QED) is 0.177. The Morgan fingerprint density at radius 3 is 2.37 bits per heavy atom. The molecule has 2 aromatic heterocycles. The number of hydrogen-bond acceptors (Lipinski definition) is 5. The molecule has 38 heavy (non-hydrogen) atoms. The molecule has 2 aromatic carbocycles. The monoisotopic (exact) mass is 552 g/mol. The van der Waals surface area contributed by atoms with E-state index in [0.717, 1.165) is 39.0 Å². The van der Waals surface area contributed by atoms with E-state index in [1.54, 1.807) is 41.4 Å². The molecule has 10 heteroatoms. The van der Waals surface area contributed by atoms with Crippen molar-refractivity contribution in [2.75, 3.05) is 42.1 Å². The molecule has 0 atom stereocenters. The van der Waals surface area contributed by atoms with Crippen LogP contribution in [0.4, 0.5) is 22.2 Å². The molecular weight excluding hydrogens is 521 g/mol. The van der Waals surface area contributed by atoms with Crippen LogP contribution >= 0.6 is 23.2 Å². The maximum Gasteiger partial charge on any atom is 0.324 e. The zero-order valence-electron chi connectivity index (χ0n) is 21.5. The van der Waals surface area contributed by atoms with Crippen molar-refractivity contribution in [2.45, 2.75) is 26.7 Å². The Morgan fingerprint density at radius 2 is 1.66 bits per heavy atom. The van der Waals surface area contributed by atoms with E-state index in [-0.39, 0.29) is 5.82 Å². The van der Waals surface area contributed by atoms with Gasteiger partial charge in [0.1, 0.15) is 5.82 Å². The molecule has 0 spiro atoms. The molecule has 0 aliphatic heterocycles. The molecule has 0 saturated heterocycles. The Labute approximate surface area is 232 Å². The second kappa shape index (κ2) is 13.4. The van der Waals surface area contributed by atoms with Crippen molar-refractivity contribution in [1.29, 1.82) is 0 Å². The fourth-order valence-electron chi connectivity index (χ4n) is 4.18. The lowest BCUT2D eigenvalue weighted by Gasteiger charge is -2.15. The van der Waals surface area contributed by atoms with Crippen LogP contribution in [0, 0.1) is 0 Å². The molecule has 0 bridgehead atoms. The Hall–Kier alpha value is -3.46. The van der Waals surface area contributed by atoms with E-state index < -0.39 is 6.03 Å². The zero-order valence-corrected chi connectivity index (χ0v) is 23.0. The molecular formula is C28H32Cl2N7O+. The molecule has 198 valence electrons. The Bertz CT molecular complexity index is 1360. The minimum atomic E-state index is -0.449. The molecule has 4 rings (SSSR count). The van der Waals surface area contributed by atoms with E-state index in [1.807, 2.05) is 24.3 Å². The van der Waals surface area contributed by atoms with Crippen molar-refractivity contribution in [3.8, 4) is 11.1 Å². The summed E-state index contributed by atoms with van der Waals surface area (Å²) in [6.45, 7) is 8.64. The average molecular weight is 554 g/mol. The summed E-state index contributed by atoms with van der Waals surface area (Å²) in [6, 6.07) is 15.8. The number of nitrogens with zero attached hydrogens (tertiary/aromatic N) is 3. The fraction of sp³-hybridized carbons (Fsp3) is 0.286. The van der Waals surface area contributed by atoms with E-state index in [4.69, 9.17) is 23.2 Å². The predicted molar refractivity (Wildman–Crippen MR) is 157 cm³/mol. The summed E-state index contributed by atoms with van der Waals surface area (Å²) in [7, 11) is 0. The second-order valence-corrected chi connectivity index (χ2v) is 9.69. The molecule has 4 N–H and O–H groups in total. The van der Waals surface area contributed by atoms with Gasteiger partial charge in [-0.2, -0.15) is 4.98 Å². The van der Waals surface area contributed by atoms with Gasteiger partial charge in [0.2, 0.25) is 5.95 Å². The van der Waals surface area contributed by atoms with Crippen molar-refractivity contribution in [1.82, 2.24) is 15.0 Å².